The number of nitrogens with two attached hydrogens (primary N) is 1. The van der Waals surface area contributed by atoms with Crippen molar-refractivity contribution < 1.29 is 19.1 Å². The fourth-order valence-electron chi connectivity index (χ4n) is 2.14. The number of nitrogens with one attached hydrogen (secondary N) is 2. The first-order valence-corrected chi connectivity index (χ1v) is 8.34. The summed E-state index contributed by atoms with van der Waals surface area (Å²) in [6.07, 6.45) is -1.63. The first-order valence-electron chi connectivity index (χ1n) is 8.34. The molecular weight excluding hydrogens is 348 g/mol. The van der Waals surface area contributed by atoms with Crippen LogP contribution in [0.2, 0.25) is 0 Å². The number of carbonyl (C=O) groups is 2. The van der Waals surface area contributed by atoms with Crippen molar-refractivity contribution in [3.63, 3.8) is 0 Å². The van der Waals surface area contributed by atoms with Crippen molar-refractivity contribution in [3.05, 3.63) is 71.8 Å². The Kier molecular flexibility index (Phi) is 7.80. The molecule has 2 rings (SSSR count). The topological polar surface area (TPSA) is 118 Å². The Hall–Kier alpha value is -3.39. The lowest BCUT2D eigenvalue weighted by atomic mass is 10.2. The molecule has 8 heteroatoms. The fourth-order valence-corrected chi connectivity index (χ4v) is 2.14. The van der Waals surface area contributed by atoms with Crippen LogP contribution in [0, 0.1) is 5.41 Å². The van der Waals surface area contributed by atoms with Gasteiger partial charge in [-0.05, 0) is 11.1 Å². The summed E-state index contributed by atoms with van der Waals surface area (Å²) in [5.74, 6) is -0.462. The van der Waals surface area contributed by atoms with Gasteiger partial charge in [0.25, 0.3) is 0 Å². The zero-order chi connectivity index (χ0) is 19.5. The van der Waals surface area contributed by atoms with Crippen LogP contribution in [0.25, 0.3) is 0 Å². The number of ether oxygens (including phenoxy) is 2. The van der Waals surface area contributed by atoms with Crippen molar-refractivity contribution in [3.8, 4) is 0 Å². The number of hydrogen-bond donors (Lipinski definition) is 3. The summed E-state index contributed by atoms with van der Waals surface area (Å²) >= 11 is 0. The highest BCUT2D eigenvalue weighted by atomic mass is 16.6. The summed E-state index contributed by atoms with van der Waals surface area (Å²) in [6.45, 7) is 0.219. The lowest BCUT2D eigenvalue weighted by molar-refractivity contribution is 0.114. The molecule has 0 heterocycles. The summed E-state index contributed by atoms with van der Waals surface area (Å²) < 4.78 is 10.2. The van der Waals surface area contributed by atoms with E-state index >= 15 is 0 Å². The largest absolute Gasteiger partial charge is 0.444 e. The maximum Gasteiger partial charge on any atom is 0.417 e. The summed E-state index contributed by atoms with van der Waals surface area (Å²) in [7, 11) is 0. The highest BCUT2D eigenvalue weighted by Crippen LogP contribution is 2.04. The van der Waals surface area contributed by atoms with Gasteiger partial charge < -0.3 is 15.2 Å². The van der Waals surface area contributed by atoms with Gasteiger partial charge in [0.15, 0.2) is 0 Å². The predicted molar refractivity (Wildman–Crippen MR) is 99.9 cm³/mol. The molecule has 4 N–H and O–H groups in total. The molecule has 0 saturated heterocycles. The average Bonchev–Trinajstić information content (AvgIpc) is 2.70. The number of carbonyl (C=O) groups excluding carboxylic acids is 2. The van der Waals surface area contributed by atoms with E-state index in [2.05, 4.69) is 5.32 Å². The molecule has 0 radical (unpaired) electrons. The molecule has 0 saturated carbocycles. The van der Waals surface area contributed by atoms with E-state index in [-0.39, 0.29) is 26.3 Å². The molecule has 0 bridgehead atoms. The summed E-state index contributed by atoms with van der Waals surface area (Å²) in [6, 6.07) is 18.2. The molecular formula is C19H22N4O4. The first-order chi connectivity index (χ1) is 13.1. The normalized spacial score (nSPS) is 9.96. The number of hydrogen-bond acceptors (Lipinski definition) is 6. The summed E-state index contributed by atoms with van der Waals surface area (Å²) in [4.78, 5) is 25.0. The molecule has 0 aliphatic rings. The molecule has 0 aromatic heterocycles. The van der Waals surface area contributed by atoms with Crippen LogP contribution < -0.4 is 11.1 Å². The summed E-state index contributed by atoms with van der Waals surface area (Å²) in [5, 5.41) is 10.1. The Morgan fingerprint density at radius 3 is 1.96 bits per heavy atom. The van der Waals surface area contributed by atoms with Crippen molar-refractivity contribution in [2.45, 2.75) is 13.2 Å². The first kappa shape index (κ1) is 19.9. The Morgan fingerprint density at radius 2 is 1.44 bits per heavy atom. The van der Waals surface area contributed by atoms with Crippen LogP contribution in [-0.2, 0) is 22.7 Å². The van der Waals surface area contributed by atoms with Crippen LogP contribution in [0.4, 0.5) is 9.59 Å². The van der Waals surface area contributed by atoms with Crippen LogP contribution in [-0.4, -0.2) is 36.1 Å². The SMILES string of the molecule is N=C(NC(=O)OCc1ccccc1)N(CCN)C(=O)OCc1ccccc1. The van der Waals surface area contributed by atoms with Gasteiger partial charge >= 0.3 is 12.2 Å². The Bertz CT molecular complexity index is 753. The van der Waals surface area contributed by atoms with Gasteiger partial charge in [-0.25, -0.2) is 14.5 Å². The second-order valence-corrected chi connectivity index (χ2v) is 5.52. The molecule has 0 spiro atoms. The van der Waals surface area contributed by atoms with Crippen LogP contribution >= 0.6 is 0 Å². The van der Waals surface area contributed by atoms with E-state index in [0.717, 1.165) is 16.0 Å². The van der Waals surface area contributed by atoms with Crippen LogP contribution in [0.5, 0.6) is 0 Å². The van der Waals surface area contributed by atoms with Gasteiger partial charge in [0.2, 0.25) is 5.96 Å². The average molecular weight is 370 g/mol. The molecule has 0 aliphatic heterocycles. The van der Waals surface area contributed by atoms with E-state index in [9.17, 15) is 9.59 Å². The van der Waals surface area contributed by atoms with Crippen LogP contribution in [0.15, 0.2) is 60.7 Å². The standard InChI is InChI=1S/C19H22N4O4/c20-11-12-23(19(25)27-14-16-9-5-2-6-10-16)17(21)22-18(24)26-13-15-7-3-1-4-8-15/h1-10H,11-14,20H2,(H2,21,22,24). The lowest BCUT2D eigenvalue weighted by Gasteiger charge is -2.22. The van der Waals surface area contributed by atoms with Crippen molar-refractivity contribution in [1.82, 2.24) is 10.2 Å². The van der Waals surface area contributed by atoms with Gasteiger partial charge in [-0.1, -0.05) is 60.7 Å². The molecule has 2 aromatic rings. The van der Waals surface area contributed by atoms with Crippen molar-refractivity contribution in [2.75, 3.05) is 13.1 Å². The second kappa shape index (κ2) is 10.6. The fraction of sp³-hybridized carbons (Fsp3) is 0.211. The molecule has 142 valence electrons. The van der Waals surface area contributed by atoms with E-state index in [0.29, 0.717) is 0 Å². The van der Waals surface area contributed by atoms with Crippen LogP contribution in [0.1, 0.15) is 11.1 Å². The third kappa shape index (κ3) is 6.79. The molecule has 2 amide bonds. The minimum Gasteiger partial charge on any atom is -0.444 e. The van der Waals surface area contributed by atoms with Gasteiger partial charge in [-0.15, -0.1) is 0 Å². The molecule has 8 nitrogen and oxygen atoms in total. The predicted octanol–water partition coefficient (Wildman–Crippen LogP) is 2.45. The molecule has 2 aromatic carbocycles. The third-order valence-corrected chi connectivity index (χ3v) is 3.48. The second-order valence-electron chi connectivity index (χ2n) is 5.52. The molecule has 0 unspecified atom stereocenters. The number of nitrogens with zero attached hydrogens (tertiary/aromatic N) is 1. The monoisotopic (exact) mass is 370 g/mol. The zero-order valence-corrected chi connectivity index (χ0v) is 14.8. The van der Waals surface area contributed by atoms with Gasteiger partial charge in [0, 0.05) is 13.1 Å². The van der Waals surface area contributed by atoms with Gasteiger partial charge in [-0.3, -0.25) is 10.7 Å². The van der Waals surface area contributed by atoms with Gasteiger partial charge in [0.1, 0.15) is 13.2 Å². The maximum absolute atomic E-state index is 12.2. The molecule has 0 atom stereocenters. The zero-order valence-electron chi connectivity index (χ0n) is 14.8. The van der Waals surface area contributed by atoms with E-state index in [1.807, 2.05) is 48.5 Å². The van der Waals surface area contributed by atoms with E-state index in [1.165, 1.54) is 0 Å². The molecule has 0 fully saturated rings. The van der Waals surface area contributed by atoms with E-state index in [4.69, 9.17) is 20.6 Å². The quantitative estimate of drug-likeness (QED) is 0.533. The number of amides is 2. The lowest BCUT2D eigenvalue weighted by Crippen LogP contribution is -2.48. The number of benzene rings is 2. The minimum atomic E-state index is -0.846. The Labute approximate surface area is 157 Å². The summed E-state index contributed by atoms with van der Waals surface area (Å²) in [5.41, 5.74) is 7.10. The maximum atomic E-state index is 12.2. The van der Waals surface area contributed by atoms with Crippen molar-refractivity contribution in [2.24, 2.45) is 5.73 Å². The molecule has 0 aliphatic carbocycles. The van der Waals surface area contributed by atoms with E-state index < -0.39 is 18.1 Å². The van der Waals surface area contributed by atoms with Crippen molar-refractivity contribution >= 4 is 18.1 Å². The van der Waals surface area contributed by atoms with Gasteiger partial charge in [0.05, 0.1) is 0 Å². The number of alkyl carbamates (subject to hydrolysis) is 1. The number of rotatable bonds is 6. The Morgan fingerprint density at radius 1 is 0.926 bits per heavy atom. The minimum absolute atomic E-state index is 0.0193. The van der Waals surface area contributed by atoms with Crippen molar-refractivity contribution in [1.29, 1.82) is 5.41 Å². The third-order valence-electron chi connectivity index (χ3n) is 3.48. The van der Waals surface area contributed by atoms with Gasteiger partial charge in [-0.2, -0.15) is 0 Å². The van der Waals surface area contributed by atoms with Crippen LogP contribution in [0.3, 0.4) is 0 Å². The number of guanidine groups is 1. The Balaban J connectivity index is 1.85. The highest BCUT2D eigenvalue weighted by molar-refractivity contribution is 5.99. The smallest absolute Gasteiger partial charge is 0.417 e. The molecule has 27 heavy (non-hydrogen) atoms. The van der Waals surface area contributed by atoms with E-state index in [1.54, 1.807) is 12.1 Å². The highest BCUT2D eigenvalue weighted by Gasteiger charge is 2.21.